The number of nitrogens with zero attached hydrogens (tertiary/aromatic N) is 1. The fraction of sp³-hybridized carbons (Fsp3) is 0.444. The predicted octanol–water partition coefficient (Wildman–Crippen LogP) is 1.41. The molecule has 4 heteroatoms. The van der Waals surface area contributed by atoms with Crippen LogP contribution in [-0.2, 0) is 11.3 Å². The standard InChI is InChI=1S/C9H12INO2/c1-7-5-9(12)11(3-4-13-2)6-8(7)10/h5-6H,3-4H2,1-2H3. The van der Waals surface area contributed by atoms with E-state index in [1.165, 1.54) is 0 Å². The van der Waals surface area contributed by atoms with Gasteiger partial charge in [0.25, 0.3) is 5.56 Å². The van der Waals surface area contributed by atoms with Gasteiger partial charge in [0.05, 0.1) is 6.61 Å². The summed E-state index contributed by atoms with van der Waals surface area (Å²) >= 11 is 2.22. The number of aromatic nitrogens is 1. The SMILES string of the molecule is COCCn1cc(I)c(C)cc1=O. The third-order valence-electron chi connectivity index (χ3n) is 1.81. The number of rotatable bonds is 3. The lowest BCUT2D eigenvalue weighted by molar-refractivity contribution is 0.186. The molecule has 72 valence electrons. The molecule has 0 spiro atoms. The van der Waals surface area contributed by atoms with Crippen LogP contribution in [0.1, 0.15) is 5.56 Å². The molecule has 0 N–H and O–H groups in total. The zero-order valence-corrected chi connectivity index (χ0v) is 9.87. The molecule has 0 aliphatic heterocycles. The monoisotopic (exact) mass is 293 g/mol. The molecule has 0 aliphatic rings. The molecule has 0 aliphatic carbocycles. The third kappa shape index (κ3) is 2.80. The maximum atomic E-state index is 11.4. The maximum absolute atomic E-state index is 11.4. The Morgan fingerprint density at radius 3 is 2.92 bits per heavy atom. The summed E-state index contributed by atoms with van der Waals surface area (Å²) in [7, 11) is 1.63. The van der Waals surface area contributed by atoms with Crippen LogP contribution < -0.4 is 5.56 Å². The molecule has 0 aromatic carbocycles. The quantitative estimate of drug-likeness (QED) is 0.789. The van der Waals surface area contributed by atoms with Crippen LogP contribution in [0.4, 0.5) is 0 Å². The van der Waals surface area contributed by atoms with Crippen molar-refractivity contribution in [1.82, 2.24) is 4.57 Å². The molecule has 1 rings (SSSR count). The first kappa shape index (κ1) is 10.7. The molecule has 0 amide bonds. The van der Waals surface area contributed by atoms with Gasteiger partial charge in [0.15, 0.2) is 0 Å². The fourth-order valence-corrected chi connectivity index (χ4v) is 1.50. The van der Waals surface area contributed by atoms with Gasteiger partial charge in [0, 0.05) is 29.5 Å². The van der Waals surface area contributed by atoms with Crippen LogP contribution in [-0.4, -0.2) is 18.3 Å². The Hall–Kier alpha value is -0.360. The van der Waals surface area contributed by atoms with Crippen LogP contribution in [0.25, 0.3) is 0 Å². The first-order valence-corrected chi connectivity index (χ1v) is 5.08. The Morgan fingerprint density at radius 1 is 1.62 bits per heavy atom. The van der Waals surface area contributed by atoms with E-state index in [9.17, 15) is 4.79 Å². The van der Waals surface area contributed by atoms with E-state index < -0.39 is 0 Å². The summed E-state index contributed by atoms with van der Waals surface area (Å²) in [4.78, 5) is 11.4. The number of aryl methyl sites for hydroxylation is 1. The van der Waals surface area contributed by atoms with Crippen molar-refractivity contribution in [3.05, 3.63) is 31.8 Å². The van der Waals surface area contributed by atoms with E-state index in [1.807, 2.05) is 13.1 Å². The maximum Gasteiger partial charge on any atom is 0.250 e. The van der Waals surface area contributed by atoms with Gasteiger partial charge in [-0.25, -0.2) is 0 Å². The normalized spacial score (nSPS) is 10.4. The molecular weight excluding hydrogens is 281 g/mol. The van der Waals surface area contributed by atoms with Crippen molar-refractivity contribution in [2.75, 3.05) is 13.7 Å². The van der Waals surface area contributed by atoms with Gasteiger partial charge < -0.3 is 9.30 Å². The van der Waals surface area contributed by atoms with E-state index in [0.29, 0.717) is 13.2 Å². The van der Waals surface area contributed by atoms with Crippen LogP contribution in [0.5, 0.6) is 0 Å². The highest BCUT2D eigenvalue weighted by Crippen LogP contribution is 2.06. The van der Waals surface area contributed by atoms with Crippen LogP contribution in [0.3, 0.4) is 0 Å². The Bertz CT molecular complexity index is 346. The second-order valence-electron chi connectivity index (χ2n) is 2.83. The van der Waals surface area contributed by atoms with Crippen molar-refractivity contribution < 1.29 is 4.74 Å². The first-order valence-electron chi connectivity index (χ1n) is 4.00. The summed E-state index contributed by atoms with van der Waals surface area (Å²) in [6, 6.07) is 1.65. The van der Waals surface area contributed by atoms with Crippen molar-refractivity contribution >= 4 is 22.6 Å². The molecule has 0 radical (unpaired) electrons. The van der Waals surface area contributed by atoms with E-state index in [0.717, 1.165) is 9.13 Å². The highest BCUT2D eigenvalue weighted by atomic mass is 127. The largest absolute Gasteiger partial charge is 0.383 e. The first-order chi connectivity index (χ1) is 6.15. The summed E-state index contributed by atoms with van der Waals surface area (Å²) in [5, 5.41) is 0. The average molecular weight is 293 g/mol. The van der Waals surface area contributed by atoms with Crippen LogP contribution in [0.15, 0.2) is 17.1 Å². The van der Waals surface area contributed by atoms with E-state index in [1.54, 1.807) is 17.7 Å². The third-order valence-corrected chi connectivity index (χ3v) is 2.93. The van der Waals surface area contributed by atoms with Crippen LogP contribution in [0.2, 0.25) is 0 Å². The van der Waals surface area contributed by atoms with E-state index in [2.05, 4.69) is 22.6 Å². The van der Waals surface area contributed by atoms with E-state index in [-0.39, 0.29) is 5.56 Å². The van der Waals surface area contributed by atoms with Crippen molar-refractivity contribution in [1.29, 1.82) is 0 Å². The van der Waals surface area contributed by atoms with Gasteiger partial charge in [-0.15, -0.1) is 0 Å². The van der Waals surface area contributed by atoms with E-state index in [4.69, 9.17) is 4.74 Å². The highest BCUT2D eigenvalue weighted by molar-refractivity contribution is 14.1. The number of hydrogen-bond donors (Lipinski definition) is 0. The van der Waals surface area contributed by atoms with Crippen molar-refractivity contribution in [2.24, 2.45) is 0 Å². The Labute approximate surface area is 90.9 Å². The van der Waals surface area contributed by atoms with Crippen LogP contribution in [0, 0.1) is 10.5 Å². The molecule has 1 heterocycles. The molecular formula is C9H12INO2. The second kappa shape index (κ2) is 4.76. The van der Waals surface area contributed by atoms with Gasteiger partial charge in [0.2, 0.25) is 0 Å². The second-order valence-corrected chi connectivity index (χ2v) is 3.99. The van der Waals surface area contributed by atoms with Gasteiger partial charge in [0.1, 0.15) is 0 Å². The number of halogens is 1. The molecule has 0 bridgehead atoms. The molecule has 0 atom stereocenters. The average Bonchev–Trinajstić information content (AvgIpc) is 2.09. The Balaban J connectivity index is 2.95. The highest BCUT2D eigenvalue weighted by Gasteiger charge is 1.99. The molecule has 0 unspecified atom stereocenters. The topological polar surface area (TPSA) is 31.2 Å². The number of hydrogen-bond acceptors (Lipinski definition) is 2. The van der Waals surface area contributed by atoms with Gasteiger partial charge >= 0.3 is 0 Å². The number of methoxy groups -OCH3 is 1. The van der Waals surface area contributed by atoms with Gasteiger partial charge in [-0.3, -0.25) is 4.79 Å². The van der Waals surface area contributed by atoms with E-state index >= 15 is 0 Å². The lowest BCUT2D eigenvalue weighted by atomic mass is 10.3. The van der Waals surface area contributed by atoms with Crippen molar-refractivity contribution in [3.8, 4) is 0 Å². The minimum Gasteiger partial charge on any atom is -0.383 e. The summed E-state index contributed by atoms with van der Waals surface area (Å²) in [6.45, 7) is 3.12. The lowest BCUT2D eigenvalue weighted by Crippen LogP contribution is -2.21. The van der Waals surface area contributed by atoms with Crippen LogP contribution >= 0.6 is 22.6 Å². The zero-order valence-electron chi connectivity index (χ0n) is 7.71. The van der Waals surface area contributed by atoms with Gasteiger partial charge in [-0.2, -0.15) is 0 Å². The van der Waals surface area contributed by atoms with Crippen molar-refractivity contribution in [3.63, 3.8) is 0 Å². The Morgan fingerprint density at radius 2 is 2.31 bits per heavy atom. The molecule has 13 heavy (non-hydrogen) atoms. The number of pyridine rings is 1. The summed E-state index contributed by atoms with van der Waals surface area (Å²) in [5.74, 6) is 0. The molecule has 1 aromatic rings. The van der Waals surface area contributed by atoms with Crippen molar-refractivity contribution in [2.45, 2.75) is 13.5 Å². The molecule has 0 saturated carbocycles. The number of ether oxygens (including phenoxy) is 1. The minimum absolute atomic E-state index is 0.0370. The summed E-state index contributed by atoms with van der Waals surface area (Å²) in [6.07, 6.45) is 1.86. The molecule has 0 fully saturated rings. The molecule has 0 saturated heterocycles. The smallest absolute Gasteiger partial charge is 0.250 e. The molecule has 1 aromatic heterocycles. The summed E-state index contributed by atoms with van der Waals surface area (Å²) in [5.41, 5.74) is 1.06. The summed E-state index contributed by atoms with van der Waals surface area (Å²) < 4.78 is 7.68. The zero-order chi connectivity index (χ0) is 9.84. The van der Waals surface area contributed by atoms with Gasteiger partial charge in [-0.1, -0.05) is 0 Å². The predicted molar refractivity (Wildman–Crippen MR) is 60.0 cm³/mol. The minimum atomic E-state index is 0.0370. The molecule has 3 nitrogen and oxygen atoms in total. The van der Waals surface area contributed by atoms with Gasteiger partial charge in [-0.05, 0) is 35.1 Å². The lowest BCUT2D eigenvalue weighted by Gasteiger charge is -2.06. The Kier molecular flexibility index (Phi) is 3.92. The fourth-order valence-electron chi connectivity index (χ4n) is 1.00.